The van der Waals surface area contributed by atoms with E-state index in [0.717, 1.165) is 67.5 Å². The van der Waals surface area contributed by atoms with Crippen LogP contribution in [-0.2, 0) is 0 Å². The number of benzene rings is 9. The molecular weight excluding hydrogens is 833 g/mol. The van der Waals surface area contributed by atoms with Gasteiger partial charge in [0.05, 0.1) is 37.5 Å². The number of rotatable bonds is 14. The molecule has 6 nitrogen and oxygen atoms in total. The molecule has 0 unspecified atom stereocenters. The maximum absolute atomic E-state index is 10.8. The lowest BCUT2D eigenvalue weighted by molar-refractivity contribution is 0.413. The number of allylic oxidation sites excluding steroid dienone is 2. The van der Waals surface area contributed by atoms with E-state index in [4.69, 9.17) is 9.47 Å². The van der Waals surface area contributed by atoms with Crippen molar-refractivity contribution in [2.75, 3.05) is 24.0 Å². The van der Waals surface area contributed by atoms with Crippen LogP contribution in [0.25, 0.3) is 45.6 Å². The summed E-state index contributed by atoms with van der Waals surface area (Å²) in [5, 5.41) is 21.7. The van der Waals surface area contributed by atoms with Crippen LogP contribution < -0.4 is 19.3 Å². The van der Waals surface area contributed by atoms with Crippen molar-refractivity contribution in [3.8, 4) is 45.9 Å². The molecule has 0 N–H and O–H groups in total. The maximum atomic E-state index is 10.8. The lowest BCUT2D eigenvalue weighted by atomic mass is 9.88. The number of ether oxygens (including phenoxy) is 2. The highest BCUT2D eigenvalue weighted by Gasteiger charge is 2.19. The van der Waals surface area contributed by atoms with Gasteiger partial charge in [0.2, 0.25) is 0 Å². The van der Waals surface area contributed by atoms with E-state index in [9.17, 15) is 10.5 Å². The van der Waals surface area contributed by atoms with Gasteiger partial charge in [-0.1, -0.05) is 121 Å². The summed E-state index contributed by atoms with van der Waals surface area (Å²) in [6.45, 7) is 0. The van der Waals surface area contributed by atoms with Gasteiger partial charge in [-0.25, -0.2) is 0 Å². The van der Waals surface area contributed by atoms with Crippen molar-refractivity contribution in [3.63, 3.8) is 0 Å². The monoisotopic (exact) mass is 878 g/mol. The summed E-state index contributed by atoms with van der Waals surface area (Å²) < 4.78 is 11.5. The van der Waals surface area contributed by atoms with Crippen LogP contribution in [0.15, 0.2) is 231 Å². The van der Waals surface area contributed by atoms with Crippen molar-refractivity contribution >= 4 is 57.4 Å². The second-order valence-corrected chi connectivity index (χ2v) is 15.9. The standard InChI is InChI=1S/C62H46N4O2/c1-67-61-29-17-15-27-57(61)49(43-63)39-47-41-60(46-33-37-56(38-34-46)66(53-23-11-5-12-24-53)54-25-13-6-14-26-54)48(40-50(44-64)58-28-16-18-30-62(58)68-2)42-59(47)45-31-35-55(36-32-45)65(51-19-7-3-8-20-51)52-21-9-4-10-22-52/h3-42H,1-2H3/b49-39+,50-40+. The van der Waals surface area contributed by atoms with Gasteiger partial charge in [-0.3, -0.25) is 0 Å². The number of hydrogen-bond donors (Lipinski definition) is 0. The molecule has 0 aromatic heterocycles. The molecule has 0 fully saturated rings. The highest BCUT2D eigenvalue weighted by atomic mass is 16.5. The van der Waals surface area contributed by atoms with Crippen molar-refractivity contribution in [1.29, 1.82) is 10.5 Å². The number of anilines is 6. The normalized spacial score (nSPS) is 11.2. The fourth-order valence-corrected chi connectivity index (χ4v) is 8.54. The number of nitrogens with zero attached hydrogens (tertiary/aromatic N) is 4. The zero-order valence-corrected chi connectivity index (χ0v) is 37.7. The summed E-state index contributed by atoms with van der Waals surface area (Å²) in [6.07, 6.45) is 3.87. The van der Waals surface area contributed by atoms with E-state index in [0.29, 0.717) is 33.8 Å². The molecule has 0 aliphatic carbocycles. The average molecular weight is 879 g/mol. The van der Waals surface area contributed by atoms with Gasteiger partial charge < -0.3 is 19.3 Å². The molecule has 0 atom stereocenters. The van der Waals surface area contributed by atoms with Gasteiger partial charge in [0.25, 0.3) is 0 Å². The molecule has 9 aromatic rings. The Hall–Kier alpha value is -9.36. The Bertz CT molecular complexity index is 3000. The molecule has 0 saturated heterocycles. The van der Waals surface area contributed by atoms with Crippen LogP contribution in [0.2, 0.25) is 0 Å². The molecule has 0 aliphatic heterocycles. The van der Waals surface area contributed by atoms with Crippen LogP contribution in [0.4, 0.5) is 34.1 Å². The van der Waals surface area contributed by atoms with Crippen molar-refractivity contribution in [3.05, 3.63) is 253 Å². The molecule has 0 spiro atoms. The first kappa shape index (κ1) is 43.9. The topological polar surface area (TPSA) is 72.5 Å². The predicted molar refractivity (Wildman–Crippen MR) is 280 cm³/mol. The number of nitriles is 2. The molecular formula is C62H46N4O2. The van der Waals surface area contributed by atoms with E-state index in [2.05, 4.69) is 131 Å². The Labute approximate surface area is 398 Å². The molecule has 68 heavy (non-hydrogen) atoms. The van der Waals surface area contributed by atoms with Gasteiger partial charge in [0.15, 0.2) is 0 Å². The minimum atomic E-state index is 0.442. The van der Waals surface area contributed by atoms with Gasteiger partial charge in [0, 0.05) is 45.3 Å². The highest BCUT2D eigenvalue weighted by molar-refractivity contribution is 6.00. The van der Waals surface area contributed by atoms with E-state index >= 15 is 0 Å². The first-order chi connectivity index (χ1) is 33.6. The SMILES string of the molecule is COc1ccccc1/C(C#N)=C/c1cc(-c2ccc(N(c3ccccc3)c3ccccc3)cc2)c(/C=C(\C#N)c2ccccc2OC)cc1-c1ccc(N(c2ccccc2)c2ccccc2)cc1. The van der Waals surface area contributed by atoms with Crippen LogP contribution in [-0.4, -0.2) is 14.2 Å². The van der Waals surface area contributed by atoms with E-state index in [1.54, 1.807) is 14.2 Å². The van der Waals surface area contributed by atoms with Crippen molar-refractivity contribution < 1.29 is 9.47 Å². The third-order valence-corrected chi connectivity index (χ3v) is 11.8. The molecule has 9 rings (SSSR count). The van der Waals surface area contributed by atoms with Crippen LogP contribution in [0.1, 0.15) is 22.3 Å². The molecule has 326 valence electrons. The third-order valence-electron chi connectivity index (χ3n) is 11.8. The highest BCUT2D eigenvalue weighted by Crippen LogP contribution is 2.42. The Balaban J connectivity index is 1.27. The molecule has 0 radical (unpaired) electrons. The van der Waals surface area contributed by atoms with E-state index in [1.165, 1.54) is 0 Å². The van der Waals surface area contributed by atoms with Gasteiger partial charge >= 0.3 is 0 Å². The van der Waals surface area contributed by atoms with Crippen LogP contribution in [0, 0.1) is 22.7 Å². The van der Waals surface area contributed by atoms with Crippen LogP contribution in [0.3, 0.4) is 0 Å². The minimum Gasteiger partial charge on any atom is -0.496 e. The summed E-state index contributed by atoms with van der Waals surface area (Å²) in [6, 6.07) is 82.5. The van der Waals surface area contributed by atoms with Gasteiger partial charge in [-0.15, -0.1) is 0 Å². The van der Waals surface area contributed by atoms with Gasteiger partial charge in [-0.2, -0.15) is 10.5 Å². The first-order valence-corrected chi connectivity index (χ1v) is 22.3. The number of hydrogen-bond acceptors (Lipinski definition) is 6. The Kier molecular flexibility index (Phi) is 13.3. The maximum Gasteiger partial charge on any atom is 0.127 e. The Morgan fingerprint density at radius 3 is 0.941 bits per heavy atom. The van der Waals surface area contributed by atoms with Crippen molar-refractivity contribution in [2.45, 2.75) is 0 Å². The van der Waals surface area contributed by atoms with Crippen molar-refractivity contribution in [1.82, 2.24) is 0 Å². The molecule has 0 heterocycles. The van der Waals surface area contributed by atoms with Gasteiger partial charge in [-0.05, 0) is 155 Å². The zero-order valence-electron chi connectivity index (χ0n) is 37.7. The lowest BCUT2D eigenvalue weighted by Crippen LogP contribution is -2.09. The minimum absolute atomic E-state index is 0.442. The second kappa shape index (κ2) is 20.6. The Morgan fingerprint density at radius 1 is 0.368 bits per heavy atom. The summed E-state index contributed by atoms with van der Waals surface area (Å²) in [5.41, 5.74) is 13.5. The van der Waals surface area contributed by atoms with E-state index in [-0.39, 0.29) is 0 Å². The smallest absolute Gasteiger partial charge is 0.127 e. The lowest BCUT2D eigenvalue weighted by Gasteiger charge is -2.26. The second-order valence-electron chi connectivity index (χ2n) is 15.9. The summed E-state index contributed by atoms with van der Waals surface area (Å²) >= 11 is 0. The molecule has 0 amide bonds. The fraction of sp³-hybridized carbons (Fsp3) is 0.0323. The van der Waals surface area contributed by atoms with Crippen molar-refractivity contribution in [2.24, 2.45) is 0 Å². The molecule has 0 saturated carbocycles. The molecule has 6 heteroatoms. The third kappa shape index (κ3) is 9.39. The van der Waals surface area contributed by atoms with E-state index in [1.807, 2.05) is 133 Å². The first-order valence-electron chi connectivity index (χ1n) is 22.3. The molecule has 0 bridgehead atoms. The predicted octanol–water partition coefficient (Wildman–Crippen LogP) is 16.1. The average Bonchev–Trinajstić information content (AvgIpc) is 3.41. The molecule has 0 aliphatic rings. The van der Waals surface area contributed by atoms with Crippen LogP contribution >= 0.6 is 0 Å². The fourth-order valence-electron chi connectivity index (χ4n) is 8.54. The summed E-state index contributed by atoms with van der Waals surface area (Å²) in [4.78, 5) is 4.45. The summed E-state index contributed by atoms with van der Waals surface area (Å²) in [7, 11) is 3.23. The number of methoxy groups -OCH3 is 2. The Morgan fingerprint density at radius 2 is 0.647 bits per heavy atom. The molecule has 9 aromatic carbocycles. The number of para-hydroxylation sites is 6. The van der Waals surface area contributed by atoms with E-state index < -0.39 is 0 Å². The van der Waals surface area contributed by atoms with Crippen LogP contribution in [0.5, 0.6) is 11.5 Å². The quantitative estimate of drug-likeness (QED) is 0.0800. The van der Waals surface area contributed by atoms with Gasteiger partial charge in [0.1, 0.15) is 11.5 Å². The zero-order chi connectivity index (χ0) is 46.7. The summed E-state index contributed by atoms with van der Waals surface area (Å²) in [5.74, 6) is 1.20. The largest absolute Gasteiger partial charge is 0.496 e.